The molecular weight excluding hydrogens is 183 g/mol. The highest BCUT2D eigenvalue weighted by molar-refractivity contribution is 5.93. The summed E-state index contributed by atoms with van der Waals surface area (Å²) in [6.45, 7) is 4.03. The molecule has 0 fully saturated rings. The minimum absolute atomic E-state index is 0.279. The van der Waals surface area contributed by atoms with Crippen molar-refractivity contribution in [3.63, 3.8) is 0 Å². The van der Waals surface area contributed by atoms with Gasteiger partial charge in [-0.2, -0.15) is 4.39 Å². The zero-order valence-corrected chi connectivity index (χ0v) is 7.66. The van der Waals surface area contributed by atoms with Crippen molar-refractivity contribution in [2.75, 3.05) is 6.54 Å². The monoisotopic (exact) mass is 194 g/mol. The van der Waals surface area contributed by atoms with E-state index in [9.17, 15) is 9.18 Å². The van der Waals surface area contributed by atoms with E-state index in [2.05, 4.69) is 16.9 Å². The summed E-state index contributed by atoms with van der Waals surface area (Å²) < 4.78 is 12.6. The van der Waals surface area contributed by atoms with Gasteiger partial charge >= 0.3 is 0 Å². The number of nitrogens with one attached hydrogen (secondary N) is 1. The van der Waals surface area contributed by atoms with E-state index in [1.165, 1.54) is 12.3 Å². The number of nitrogens with zero attached hydrogens (tertiary/aromatic N) is 1. The molecule has 0 aliphatic rings. The van der Waals surface area contributed by atoms with Crippen LogP contribution in [0.4, 0.5) is 4.39 Å². The van der Waals surface area contributed by atoms with Crippen molar-refractivity contribution in [3.05, 3.63) is 42.5 Å². The lowest BCUT2D eigenvalue weighted by Crippen LogP contribution is -2.24. The van der Waals surface area contributed by atoms with Crippen LogP contribution in [0.15, 0.2) is 31.0 Å². The number of hydrogen-bond donors (Lipinski definition) is 1. The van der Waals surface area contributed by atoms with Crippen LogP contribution in [-0.4, -0.2) is 17.4 Å². The van der Waals surface area contributed by atoms with E-state index in [0.29, 0.717) is 13.0 Å². The number of halogens is 1. The fraction of sp³-hybridized carbons (Fsp3) is 0.200. The number of aromatic nitrogens is 1. The molecule has 0 bridgehead atoms. The lowest BCUT2D eigenvalue weighted by atomic mass is 10.2. The van der Waals surface area contributed by atoms with Crippen LogP contribution in [0, 0.1) is 5.95 Å². The quantitative estimate of drug-likeness (QED) is 0.448. The summed E-state index contributed by atoms with van der Waals surface area (Å²) >= 11 is 0. The Labute approximate surface area is 81.7 Å². The smallest absolute Gasteiger partial charge is 0.251 e. The number of rotatable bonds is 4. The largest absolute Gasteiger partial charge is 0.352 e. The maximum Gasteiger partial charge on any atom is 0.251 e. The van der Waals surface area contributed by atoms with Crippen LogP contribution in [0.25, 0.3) is 0 Å². The Bertz CT molecular complexity index is 339. The number of carbonyl (C=O) groups is 1. The lowest BCUT2D eigenvalue weighted by molar-refractivity contribution is 0.0953. The molecule has 1 N–H and O–H groups in total. The van der Waals surface area contributed by atoms with E-state index in [-0.39, 0.29) is 11.5 Å². The van der Waals surface area contributed by atoms with Gasteiger partial charge in [-0.15, -0.1) is 6.58 Å². The van der Waals surface area contributed by atoms with Crippen LogP contribution in [0.3, 0.4) is 0 Å². The van der Waals surface area contributed by atoms with Gasteiger partial charge in [0.05, 0.1) is 0 Å². The van der Waals surface area contributed by atoms with Crippen LogP contribution in [0.5, 0.6) is 0 Å². The SMILES string of the molecule is C=CCCNC(=O)c1ccnc(F)c1. The number of pyridine rings is 1. The number of carbonyl (C=O) groups excluding carboxylic acids is 1. The summed E-state index contributed by atoms with van der Waals surface area (Å²) in [7, 11) is 0. The number of amides is 1. The molecule has 1 heterocycles. The summed E-state index contributed by atoms with van der Waals surface area (Å²) in [5, 5.41) is 2.62. The molecule has 1 aromatic rings. The summed E-state index contributed by atoms with van der Waals surface area (Å²) in [6, 6.07) is 2.57. The van der Waals surface area contributed by atoms with Crippen LogP contribution in [0.1, 0.15) is 16.8 Å². The van der Waals surface area contributed by atoms with Gasteiger partial charge in [-0.25, -0.2) is 4.98 Å². The molecule has 0 radical (unpaired) electrons. The Hall–Kier alpha value is -1.71. The molecule has 1 amide bonds. The van der Waals surface area contributed by atoms with Gasteiger partial charge in [0.1, 0.15) is 0 Å². The molecule has 0 aliphatic carbocycles. The van der Waals surface area contributed by atoms with Crippen molar-refractivity contribution >= 4 is 5.91 Å². The normalized spacial score (nSPS) is 9.50. The van der Waals surface area contributed by atoms with Crippen molar-refractivity contribution in [1.29, 1.82) is 0 Å². The molecule has 0 aliphatic heterocycles. The van der Waals surface area contributed by atoms with E-state index < -0.39 is 5.95 Å². The van der Waals surface area contributed by atoms with Crippen LogP contribution < -0.4 is 5.32 Å². The van der Waals surface area contributed by atoms with Crippen molar-refractivity contribution < 1.29 is 9.18 Å². The first-order valence-electron chi connectivity index (χ1n) is 4.24. The molecule has 0 saturated heterocycles. The van der Waals surface area contributed by atoms with E-state index in [4.69, 9.17) is 0 Å². The van der Waals surface area contributed by atoms with Crippen LogP contribution in [0.2, 0.25) is 0 Å². The lowest BCUT2D eigenvalue weighted by Gasteiger charge is -2.02. The Morgan fingerprint density at radius 3 is 3.14 bits per heavy atom. The summed E-state index contributed by atoms with van der Waals surface area (Å²) in [5.74, 6) is -0.950. The second-order valence-electron chi connectivity index (χ2n) is 2.70. The zero-order valence-electron chi connectivity index (χ0n) is 7.66. The Balaban J connectivity index is 2.56. The van der Waals surface area contributed by atoms with Gasteiger partial charge in [0.2, 0.25) is 5.95 Å². The summed E-state index contributed by atoms with van der Waals surface area (Å²) in [4.78, 5) is 14.7. The highest BCUT2D eigenvalue weighted by atomic mass is 19.1. The second kappa shape index (κ2) is 5.11. The third-order valence-corrected chi connectivity index (χ3v) is 1.62. The highest BCUT2D eigenvalue weighted by Gasteiger charge is 2.04. The summed E-state index contributed by atoms with van der Waals surface area (Å²) in [6.07, 6.45) is 3.66. The minimum Gasteiger partial charge on any atom is -0.352 e. The minimum atomic E-state index is -0.652. The maximum absolute atomic E-state index is 12.6. The van der Waals surface area contributed by atoms with Crippen molar-refractivity contribution in [2.45, 2.75) is 6.42 Å². The van der Waals surface area contributed by atoms with E-state index in [1.54, 1.807) is 6.08 Å². The molecule has 0 saturated carbocycles. The molecular formula is C10H11FN2O. The number of hydrogen-bond acceptors (Lipinski definition) is 2. The Morgan fingerprint density at radius 1 is 1.71 bits per heavy atom. The molecule has 3 nitrogen and oxygen atoms in total. The fourth-order valence-corrected chi connectivity index (χ4v) is 0.934. The van der Waals surface area contributed by atoms with Crippen molar-refractivity contribution in [2.24, 2.45) is 0 Å². The second-order valence-corrected chi connectivity index (χ2v) is 2.70. The molecule has 0 unspecified atom stereocenters. The average molecular weight is 194 g/mol. The topological polar surface area (TPSA) is 42.0 Å². The predicted molar refractivity (Wildman–Crippen MR) is 51.3 cm³/mol. The molecule has 0 atom stereocenters. The molecule has 0 spiro atoms. The Morgan fingerprint density at radius 2 is 2.50 bits per heavy atom. The fourth-order valence-electron chi connectivity index (χ4n) is 0.934. The van der Waals surface area contributed by atoms with Gasteiger partial charge < -0.3 is 5.32 Å². The maximum atomic E-state index is 12.6. The average Bonchev–Trinajstić information content (AvgIpc) is 2.18. The Kier molecular flexibility index (Phi) is 3.79. The standard InChI is InChI=1S/C10H11FN2O/c1-2-3-5-13-10(14)8-4-6-12-9(11)7-8/h2,4,6-7H,1,3,5H2,(H,13,14). The molecule has 4 heteroatoms. The van der Waals surface area contributed by atoms with E-state index in [0.717, 1.165) is 6.07 Å². The molecule has 14 heavy (non-hydrogen) atoms. The third-order valence-electron chi connectivity index (χ3n) is 1.62. The van der Waals surface area contributed by atoms with E-state index >= 15 is 0 Å². The first kappa shape index (κ1) is 10.4. The molecule has 1 rings (SSSR count). The molecule has 74 valence electrons. The predicted octanol–water partition coefficient (Wildman–Crippen LogP) is 1.53. The summed E-state index contributed by atoms with van der Waals surface area (Å²) in [5.41, 5.74) is 0.279. The third kappa shape index (κ3) is 2.97. The van der Waals surface area contributed by atoms with Gasteiger partial charge in [-0.3, -0.25) is 4.79 Å². The van der Waals surface area contributed by atoms with E-state index in [1.807, 2.05) is 0 Å². The van der Waals surface area contributed by atoms with Gasteiger partial charge in [-0.05, 0) is 12.5 Å². The first-order valence-corrected chi connectivity index (χ1v) is 4.24. The van der Waals surface area contributed by atoms with Crippen LogP contribution in [-0.2, 0) is 0 Å². The molecule has 0 aromatic carbocycles. The van der Waals surface area contributed by atoms with Gasteiger partial charge in [-0.1, -0.05) is 6.08 Å². The van der Waals surface area contributed by atoms with Crippen molar-refractivity contribution in [3.8, 4) is 0 Å². The van der Waals surface area contributed by atoms with Crippen LogP contribution >= 0.6 is 0 Å². The zero-order chi connectivity index (χ0) is 10.4. The van der Waals surface area contributed by atoms with Gasteiger partial charge in [0, 0.05) is 24.4 Å². The van der Waals surface area contributed by atoms with Gasteiger partial charge in [0.15, 0.2) is 0 Å². The van der Waals surface area contributed by atoms with Crippen molar-refractivity contribution in [1.82, 2.24) is 10.3 Å². The van der Waals surface area contributed by atoms with Gasteiger partial charge in [0.25, 0.3) is 5.91 Å². The highest BCUT2D eigenvalue weighted by Crippen LogP contribution is 1.99. The first-order chi connectivity index (χ1) is 6.74. The molecule has 1 aromatic heterocycles.